The quantitative estimate of drug-likeness (QED) is 0.880. The third-order valence-corrected chi connectivity index (χ3v) is 3.60. The van der Waals surface area contributed by atoms with Gasteiger partial charge < -0.3 is 15.6 Å². The van der Waals surface area contributed by atoms with Crippen LogP contribution in [0.1, 0.15) is 33.7 Å². The third-order valence-electron chi connectivity index (χ3n) is 2.68. The number of nitrogens with zero attached hydrogens (tertiary/aromatic N) is 2. The van der Waals surface area contributed by atoms with E-state index < -0.39 is 0 Å². The number of carbonyl (C=O) groups is 1. The fourth-order valence-electron chi connectivity index (χ4n) is 1.88. The minimum absolute atomic E-state index is 0.113. The summed E-state index contributed by atoms with van der Waals surface area (Å²) in [6, 6.07) is 1.71. The summed E-state index contributed by atoms with van der Waals surface area (Å²) in [5.74, 6) is -0.113. The van der Waals surface area contributed by atoms with Gasteiger partial charge in [-0.3, -0.25) is 4.79 Å². The molecule has 0 aliphatic rings. The second kappa shape index (κ2) is 5.88. The van der Waals surface area contributed by atoms with E-state index in [9.17, 15) is 4.79 Å². The van der Waals surface area contributed by atoms with Crippen LogP contribution in [0.2, 0.25) is 0 Å². The average molecular weight is 278 g/mol. The van der Waals surface area contributed by atoms with E-state index in [1.807, 2.05) is 17.7 Å². The van der Waals surface area contributed by atoms with Crippen LogP contribution in [0.5, 0.6) is 0 Å². The fourth-order valence-corrected chi connectivity index (χ4v) is 2.61. The van der Waals surface area contributed by atoms with Crippen LogP contribution >= 0.6 is 11.3 Å². The van der Waals surface area contributed by atoms with Crippen molar-refractivity contribution in [2.45, 2.75) is 33.4 Å². The Bertz CT molecular complexity index is 573. The second-order valence-corrected chi connectivity index (χ2v) is 5.72. The van der Waals surface area contributed by atoms with Gasteiger partial charge in [-0.25, -0.2) is 4.98 Å². The normalized spacial score (nSPS) is 10.6. The Kier molecular flexibility index (Phi) is 4.21. The first-order valence-corrected chi connectivity index (χ1v) is 7.07. The van der Waals surface area contributed by atoms with Crippen LogP contribution in [-0.4, -0.2) is 15.5 Å². The number of aryl methyl sites for hydroxylation is 2. The molecule has 0 fully saturated rings. The van der Waals surface area contributed by atoms with Crippen LogP contribution in [0.15, 0.2) is 18.5 Å². The minimum atomic E-state index is -0.113. The van der Waals surface area contributed by atoms with Gasteiger partial charge in [0.15, 0.2) is 0 Å². The number of nitrogens with two attached hydrogens (primary N) is 1. The van der Waals surface area contributed by atoms with Crippen molar-refractivity contribution >= 4 is 22.9 Å². The van der Waals surface area contributed by atoms with Gasteiger partial charge in [-0.15, -0.1) is 11.3 Å². The number of anilines is 1. The molecule has 5 nitrogen and oxygen atoms in total. The predicted molar refractivity (Wildman–Crippen MR) is 77.2 cm³/mol. The molecule has 19 heavy (non-hydrogen) atoms. The smallest absolute Gasteiger partial charge is 0.268 e. The summed E-state index contributed by atoms with van der Waals surface area (Å²) < 4.78 is 1.89. The number of carbonyl (C=O) groups excluding carboxylic acids is 1. The Morgan fingerprint density at radius 1 is 1.58 bits per heavy atom. The van der Waals surface area contributed by atoms with E-state index in [0.29, 0.717) is 17.9 Å². The number of thiazole rings is 1. The van der Waals surface area contributed by atoms with E-state index in [-0.39, 0.29) is 5.91 Å². The molecule has 0 bridgehead atoms. The molecular weight excluding hydrogens is 260 g/mol. The van der Waals surface area contributed by atoms with E-state index in [4.69, 9.17) is 5.73 Å². The summed E-state index contributed by atoms with van der Waals surface area (Å²) in [6.07, 6.45) is 4.57. The third kappa shape index (κ3) is 3.35. The molecule has 2 aromatic rings. The summed E-state index contributed by atoms with van der Waals surface area (Å²) in [4.78, 5) is 17.5. The average Bonchev–Trinajstić information content (AvgIpc) is 2.93. The lowest BCUT2D eigenvalue weighted by Crippen LogP contribution is -2.25. The predicted octanol–water partition coefficient (Wildman–Crippen LogP) is 2.18. The Balaban J connectivity index is 2.03. The van der Waals surface area contributed by atoms with Crippen molar-refractivity contribution in [2.24, 2.45) is 0 Å². The molecule has 0 aliphatic heterocycles. The molecule has 1 amide bonds. The Labute approximate surface area is 116 Å². The molecule has 0 atom stereocenters. The molecule has 102 valence electrons. The van der Waals surface area contributed by atoms with Crippen molar-refractivity contribution in [1.82, 2.24) is 14.9 Å². The van der Waals surface area contributed by atoms with Gasteiger partial charge in [-0.05, 0) is 19.4 Å². The van der Waals surface area contributed by atoms with Crippen molar-refractivity contribution in [2.75, 3.05) is 5.73 Å². The molecule has 0 unspecified atom stereocenters. The largest absolute Gasteiger partial charge is 0.397 e. The van der Waals surface area contributed by atoms with Crippen LogP contribution in [0.3, 0.4) is 0 Å². The van der Waals surface area contributed by atoms with Crippen molar-refractivity contribution < 1.29 is 4.79 Å². The van der Waals surface area contributed by atoms with Crippen LogP contribution in [0.25, 0.3) is 0 Å². The molecular formula is C13H18N4OS. The number of rotatable bonds is 5. The highest BCUT2D eigenvalue weighted by Gasteiger charge is 2.12. The molecule has 0 spiro atoms. The lowest BCUT2D eigenvalue weighted by molar-refractivity contribution is 0.0941. The van der Waals surface area contributed by atoms with Gasteiger partial charge in [0.05, 0.1) is 12.2 Å². The van der Waals surface area contributed by atoms with Crippen molar-refractivity contribution in [1.29, 1.82) is 0 Å². The topological polar surface area (TPSA) is 72.9 Å². The Morgan fingerprint density at radius 2 is 2.37 bits per heavy atom. The van der Waals surface area contributed by atoms with Crippen molar-refractivity contribution in [3.05, 3.63) is 34.0 Å². The summed E-state index contributed by atoms with van der Waals surface area (Å²) >= 11 is 1.59. The number of nitrogens with one attached hydrogen (secondary N) is 1. The second-order valence-electron chi connectivity index (χ2n) is 4.40. The molecule has 2 heterocycles. The zero-order valence-electron chi connectivity index (χ0n) is 11.1. The number of hydrogen-bond acceptors (Lipinski definition) is 4. The first kappa shape index (κ1) is 13.6. The van der Waals surface area contributed by atoms with Crippen molar-refractivity contribution in [3.63, 3.8) is 0 Å². The SMILES string of the molecule is CCCn1cc(N)cc1C(=O)NCc1ncc(C)s1. The molecule has 0 radical (unpaired) electrons. The van der Waals surface area contributed by atoms with Gasteiger partial charge in [-0.1, -0.05) is 6.92 Å². The first-order chi connectivity index (χ1) is 9.10. The van der Waals surface area contributed by atoms with Gasteiger partial charge >= 0.3 is 0 Å². The summed E-state index contributed by atoms with van der Waals surface area (Å²) in [7, 11) is 0. The summed E-state index contributed by atoms with van der Waals surface area (Å²) in [6.45, 7) is 5.30. The molecule has 2 rings (SSSR count). The number of nitrogen functional groups attached to an aromatic ring is 1. The van der Waals surface area contributed by atoms with Crippen LogP contribution in [0, 0.1) is 6.92 Å². The van der Waals surface area contributed by atoms with Gasteiger partial charge in [0.2, 0.25) is 0 Å². The molecule has 0 saturated heterocycles. The maximum absolute atomic E-state index is 12.1. The Morgan fingerprint density at radius 3 is 3.00 bits per heavy atom. The lowest BCUT2D eigenvalue weighted by atomic mass is 10.3. The Hall–Kier alpha value is -1.82. The number of hydrogen-bond donors (Lipinski definition) is 2. The van der Waals surface area contributed by atoms with Gasteiger partial charge in [-0.2, -0.15) is 0 Å². The van der Waals surface area contributed by atoms with Crippen LogP contribution < -0.4 is 11.1 Å². The molecule has 0 saturated carbocycles. The van der Waals surface area contributed by atoms with Gasteiger partial charge in [0.25, 0.3) is 5.91 Å². The van der Waals surface area contributed by atoms with Gasteiger partial charge in [0, 0.05) is 23.8 Å². The zero-order chi connectivity index (χ0) is 13.8. The summed E-state index contributed by atoms with van der Waals surface area (Å²) in [5.41, 5.74) is 6.97. The van der Waals surface area contributed by atoms with Crippen LogP contribution in [-0.2, 0) is 13.1 Å². The van der Waals surface area contributed by atoms with Gasteiger partial charge in [0.1, 0.15) is 10.7 Å². The summed E-state index contributed by atoms with van der Waals surface area (Å²) in [5, 5.41) is 3.78. The molecule has 0 aliphatic carbocycles. The van der Waals surface area contributed by atoms with E-state index >= 15 is 0 Å². The highest BCUT2D eigenvalue weighted by molar-refractivity contribution is 7.11. The molecule has 6 heteroatoms. The monoisotopic (exact) mass is 278 g/mol. The fraction of sp³-hybridized carbons (Fsp3) is 0.385. The highest BCUT2D eigenvalue weighted by atomic mass is 32.1. The maximum Gasteiger partial charge on any atom is 0.268 e. The number of aromatic nitrogens is 2. The lowest BCUT2D eigenvalue weighted by Gasteiger charge is -2.07. The number of amides is 1. The molecule has 2 aromatic heterocycles. The van der Waals surface area contributed by atoms with Crippen LogP contribution in [0.4, 0.5) is 5.69 Å². The minimum Gasteiger partial charge on any atom is -0.397 e. The maximum atomic E-state index is 12.1. The van der Waals surface area contributed by atoms with E-state index in [1.165, 1.54) is 0 Å². The highest BCUT2D eigenvalue weighted by Crippen LogP contribution is 2.13. The van der Waals surface area contributed by atoms with E-state index in [1.54, 1.807) is 23.6 Å². The van der Waals surface area contributed by atoms with Crippen molar-refractivity contribution in [3.8, 4) is 0 Å². The standard InChI is InChI=1S/C13H18N4OS/c1-3-4-17-8-10(14)5-11(17)13(18)16-7-12-15-6-9(2)19-12/h5-6,8H,3-4,7,14H2,1-2H3,(H,16,18). The van der Waals surface area contributed by atoms with E-state index in [0.717, 1.165) is 22.9 Å². The van der Waals surface area contributed by atoms with E-state index in [2.05, 4.69) is 17.2 Å². The molecule has 3 N–H and O–H groups in total. The first-order valence-electron chi connectivity index (χ1n) is 6.25. The zero-order valence-corrected chi connectivity index (χ0v) is 12.0. The molecule has 0 aromatic carbocycles.